The monoisotopic (exact) mass is 302 g/mol. The molecule has 1 aromatic carbocycles. The average molecular weight is 302 g/mol. The molecule has 1 saturated carbocycles. The topological polar surface area (TPSA) is 34.1 Å². The van der Waals surface area contributed by atoms with E-state index in [9.17, 15) is 0 Å². The van der Waals surface area contributed by atoms with Gasteiger partial charge in [0.25, 0.3) is 0 Å². The summed E-state index contributed by atoms with van der Waals surface area (Å²) in [4.78, 5) is 6.09. The van der Waals surface area contributed by atoms with Crippen LogP contribution in [0.4, 0.5) is 0 Å². The Balaban J connectivity index is 1.98. The van der Waals surface area contributed by atoms with E-state index in [1.165, 1.54) is 33.9 Å². The number of hydrogen-bond donors (Lipinski definition) is 1. The Bertz CT molecular complexity index is 600. The van der Waals surface area contributed by atoms with E-state index >= 15 is 0 Å². The minimum atomic E-state index is 0.182. The van der Waals surface area contributed by atoms with Crippen LogP contribution >= 0.6 is 11.3 Å². The van der Waals surface area contributed by atoms with Crippen LogP contribution in [0.25, 0.3) is 0 Å². The van der Waals surface area contributed by atoms with E-state index in [2.05, 4.69) is 43.4 Å². The lowest BCUT2D eigenvalue weighted by Crippen LogP contribution is -2.25. The molecule has 4 heteroatoms. The molecule has 0 radical (unpaired) electrons. The molecule has 0 saturated heterocycles. The number of nitrogens with one attached hydrogen (secondary N) is 1. The van der Waals surface area contributed by atoms with Crippen LogP contribution in [0, 0.1) is 13.8 Å². The summed E-state index contributed by atoms with van der Waals surface area (Å²) < 4.78 is 5.36. The first kappa shape index (κ1) is 14.7. The summed E-state index contributed by atoms with van der Waals surface area (Å²) in [5.41, 5.74) is 3.67. The van der Waals surface area contributed by atoms with Crippen molar-refractivity contribution in [2.45, 2.75) is 45.4 Å². The Hall–Kier alpha value is -1.23. The van der Waals surface area contributed by atoms with Crippen LogP contribution in [0.3, 0.4) is 0 Å². The first-order valence-electron chi connectivity index (χ1n) is 7.45. The van der Waals surface area contributed by atoms with Gasteiger partial charge in [0.05, 0.1) is 18.3 Å². The predicted molar refractivity (Wildman–Crippen MR) is 86.7 cm³/mol. The average Bonchev–Trinajstić information content (AvgIpc) is 3.23. The highest BCUT2D eigenvalue weighted by molar-refractivity contribution is 7.11. The van der Waals surface area contributed by atoms with Crippen molar-refractivity contribution in [3.63, 3.8) is 0 Å². The van der Waals surface area contributed by atoms with Gasteiger partial charge in [-0.25, -0.2) is 4.98 Å². The number of ether oxygens (including phenoxy) is 1. The Morgan fingerprint density at radius 3 is 2.71 bits per heavy atom. The highest BCUT2D eigenvalue weighted by Gasteiger charge is 2.29. The number of aromatic nitrogens is 1. The summed E-state index contributed by atoms with van der Waals surface area (Å²) in [6.07, 6.45) is 2.54. The van der Waals surface area contributed by atoms with Gasteiger partial charge < -0.3 is 10.1 Å². The van der Waals surface area contributed by atoms with Crippen molar-refractivity contribution in [3.05, 3.63) is 51.0 Å². The lowest BCUT2D eigenvalue weighted by molar-refractivity contribution is 0.183. The van der Waals surface area contributed by atoms with Gasteiger partial charge >= 0.3 is 0 Å². The van der Waals surface area contributed by atoms with Crippen LogP contribution < -0.4 is 5.32 Å². The van der Waals surface area contributed by atoms with Crippen molar-refractivity contribution in [3.8, 4) is 0 Å². The number of thiazole rings is 1. The van der Waals surface area contributed by atoms with Crippen molar-refractivity contribution in [1.29, 1.82) is 0 Å². The number of rotatable bonds is 6. The zero-order valence-electron chi connectivity index (χ0n) is 12.8. The number of aryl methyl sites for hydroxylation is 2. The van der Waals surface area contributed by atoms with Crippen molar-refractivity contribution >= 4 is 11.3 Å². The standard InChI is InChI=1S/C17H22N2OS/c1-11-12(2)21-17(18-11)16(19-14-8-9-14)15-7-5-4-6-13(15)10-20-3/h4-7,14,16,19H,8-10H2,1-3H3. The Morgan fingerprint density at radius 2 is 2.10 bits per heavy atom. The predicted octanol–water partition coefficient (Wildman–Crippen LogP) is 3.75. The van der Waals surface area contributed by atoms with Crippen LogP contribution in [0.1, 0.15) is 45.6 Å². The van der Waals surface area contributed by atoms with Gasteiger partial charge in [0.15, 0.2) is 0 Å². The number of benzene rings is 1. The third-order valence-corrected chi connectivity index (χ3v) is 5.08. The third kappa shape index (κ3) is 3.34. The van der Waals surface area contributed by atoms with Gasteiger partial charge in [0.1, 0.15) is 5.01 Å². The minimum absolute atomic E-state index is 0.182. The Morgan fingerprint density at radius 1 is 1.33 bits per heavy atom. The molecule has 0 amide bonds. The normalized spacial score (nSPS) is 16.1. The number of methoxy groups -OCH3 is 1. The van der Waals surface area contributed by atoms with E-state index in [4.69, 9.17) is 9.72 Å². The van der Waals surface area contributed by atoms with Gasteiger partial charge in [-0.15, -0.1) is 11.3 Å². The van der Waals surface area contributed by atoms with Crippen LogP contribution in [0.15, 0.2) is 24.3 Å². The molecule has 0 spiro atoms. The van der Waals surface area contributed by atoms with E-state index in [0.717, 1.165) is 5.69 Å². The van der Waals surface area contributed by atoms with Crippen LogP contribution in [0.5, 0.6) is 0 Å². The first-order chi connectivity index (χ1) is 10.2. The lowest BCUT2D eigenvalue weighted by Gasteiger charge is -2.20. The fraction of sp³-hybridized carbons (Fsp3) is 0.471. The van der Waals surface area contributed by atoms with Gasteiger partial charge in [-0.05, 0) is 37.8 Å². The largest absolute Gasteiger partial charge is 0.380 e. The maximum absolute atomic E-state index is 5.36. The van der Waals surface area contributed by atoms with Crippen molar-refractivity contribution in [1.82, 2.24) is 10.3 Å². The van der Waals surface area contributed by atoms with Gasteiger partial charge in [-0.2, -0.15) is 0 Å². The van der Waals surface area contributed by atoms with E-state index in [1.807, 2.05) is 0 Å². The highest BCUT2D eigenvalue weighted by Crippen LogP contribution is 2.33. The smallest absolute Gasteiger partial charge is 0.115 e. The fourth-order valence-corrected chi connectivity index (χ4v) is 3.51. The summed E-state index contributed by atoms with van der Waals surface area (Å²) >= 11 is 1.80. The zero-order valence-corrected chi connectivity index (χ0v) is 13.7. The minimum Gasteiger partial charge on any atom is -0.380 e. The molecule has 1 aliphatic carbocycles. The molecular formula is C17H22N2OS. The lowest BCUT2D eigenvalue weighted by atomic mass is 10.0. The highest BCUT2D eigenvalue weighted by atomic mass is 32.1. The maximum atomic E-state index is 5.36. The SMILES string of the molecule is COCc1ccccc1C(NC1CC1)c1nc(C)c(C)s1. The summed E-state index contributed by atoms with van der Waals surface area (Å²) in [5.74, 6) is 0. The molecule has 2 aromatic rings. The summed E-state index contributed by atoms with van der Waals surface area (Å²) in [7, 11) is 1.75. The molecule has 0 aliphatic heterocycles. The van der Waals surface area contributed by atoms with Crippen molar-refractivity contribution < 1.29 is 4.74 Å². The van der Waals surface area contributed by atoms with E-state index in [-0.39, 0.29) is 6.04 Å². The molecule has 0 bridgehead atoms. The molecule has 21 heavy (non-hydrogen) atoms. The second-order valence-corrected chi connectivity index (χ2v) is 6.93. The number of nitrogens with zero attached hydrogens (tertiary/aromatic N) is 1. The van der Waals surface area contributed by atoms with Gasteiger partial charge in [-0.3, -0.25) is 0 Å². The van der Waals surface area contributed by atoms with E-state index in [0.29, 0.717) is 12.6 Å². The molecule has 1 fully saturated rings. The molecule has 3 nitrogen and oxygen atoms in total. The van der Waals surface area contributed by atoms with Crippen LogP contribution in [0.2, 0.25) is 0 Å². The molecule has 1 atom stereocenters. The van der Waals surface area contributed by atoms with Crippen LogP contribution in [-0.4, -0.2) is 18.1 Å². The molecule has 1 heterocycles. The number of hydrogen-bond acceptors (Lipinski definition) is 4. The zero-order chi connectivity index (χ0) is 14.8. The van der Waals surface area contributed by atoms with Crippen LogP contribution in [-0.2, 0) is 11.3 Å². The molecular weight excluding hydrogens is 280 g/mol. The summed E-state index contributed by atoms with van der Waals surface area (Å²) in [6, 6.07) is 9.33. The first-order valence-corrected chi connectivity index (χ1v) is 8.27. The maximum Gasteiger partial charge on any atom is 0.115 e. The third-order valence-electron chi connectivity index (χ3n) is 3.94. The van der Waals surface area contributed by atoms with Gasteiger partial charge in [0, 0.05) is 18.0 Å². The molecule has 1 N–H and O–H groups in total. The Kier molecular flexibility index (Phi) is 4.38. The van der Waals surface area contributed by atoms with E-state index in [1.54, 1.807) is 18.4 Å². The summed E-state index contributed by atoms with van der Waals surface area (Å²) in [5, 5.41) is 4.92. The molecule has 112 valence electrons. The fourth-order valence-electron chi connectivity index (χ4n) is 2.50. The van der Waals surface area contributed by atoms with Crippen molar-refractivity contribution in [2.75, 3.05) is 7.11 Å². The summed E-state index contributed by atoms with van der Waals surface area (Å²) in [6.45, 7) is 4.87. The Labute approximate surface area is 130 Å². The van der Waals surface area contributed by atoms with Gasteiger partial charge in [-0.1, -0.05) is 24.3 Å². The quantitative estimate of drug-likeness (QED) is 0.882. The second-order valence-electron chi connectivity index (χ2n) is 5.70. The second kappa shape index (κ2) is 6.26. The molecule has 3 rings (SSSR count). The molecule has 1 unspecified atom stereocenters. The van der Waals surface area contributed by atoms with Gasteiger partial charge in [0.2, 0.25) is 0 Å². The van der Waals surface area contributed by atoms with Crippen molar-refractivity contribution in [2.24, 2.45) is 0 Å². The molecule has 1 aliphatic rings. The van der Waals surface area contributed by atoms with E-state index < -0.39 is 0 Å². The molecule has 1 aromatic heterocycles.